The summed E-state index contributed by atoms with van der Waals surface area (Å²) in [4.78, 5) is 13.5. The number of aromatic carboxylic acids is 1. The predicted octanol–water partition coefficient (Wildman–Crippen LogP) is 4.04. The molecule has 0 bridgehead atoms. The first kappa shape index (κ1) is 18.8. The van der Waals surface area contributed by atoms with E-state index in [0.29, 0.717) is 23.4 Å². The second-order valence-corrected chi connectivity index (χ2v) is 5.84. The molecule has 0 amide bonds. The number of carbonyl (C=O) groups is 1. The van der Waals surface area contributed by atoms with Gasteiger partial charge in [0.15, 0.2) is 0 Å². The normalized spacial score (nSPS) is 11.6. The number of anilines is 1. The molecule has 2 N–H and O–H groups in total. The van der Waals surface area contributed by atoms with Gasteiger partial charge < -0.3 is 15.3 Å². The number of likely N-dealkylation sites (N-methyl/N-ethyl adjacent to an activating group) is 1. The average molecular weight is 352 g/mol. The molecule has 0 aliphatic heterocycles. The summed E-state index contributed by atoms with van der Waals surface area (Å²) in [5, 5.41) is 12.6. The zero-order valence-electron chi connectivity index (χ0n) is 13.9. The molecule has 0 atom stereocenters. The van der Waals surface area contributed by atoms with Gasteiger partial charge in [0, 0.05) is 24.3 Å². The van der Waals surface area contributed by atoms with Gasteiger partial charge in [0.05, 0.1) is 11.1 Å². The molecule has 0 aliphatic carbocycles. The largest absolute Gasteiger partial charge is 0.478 e. The van der Waals surface area contributed by atoms with Crippen molar-refractivity contribution < 1.29 is 23.1 Å². The number of rotatable bonds is 6. The maximum atomic E-state index is 12.7. The number of alkyl halides is 3. The molecule has 0 aliphatic rings. The molecule has 0 heterocycles. The lowest BCUT2D eigenvalue weighted by molar-refractivity contribution is -0.137. The van der Waals surface area contributed by atoms with Gasteiger partial charge in [-0.1, -0.05) is 18.2 Å². The Kier molecular flexibility index (Phi) is 5.69. The first-order valence-corrected chi connectivity index (χ1v) is 7.62. The molecular weight excluding hydrogens is 333 g/mol. The summed E-state index contributed by atoms with van der Waals surface area (Å²) in [6, 6.07) is 9.26. The van der Waals surface area contributed by atoms with Crippen LogP contribution in [0.25, 0.3) is 11.1 Å². The highest BCUT2D eigenvalue weighted by molar-refractivity contribution is 6.00. The van der Waals surface area contributed by atoms with E-state index >= 15 is 0 Å². The lowest BCUT2D eigenvalue weighted by Gasteiger charge is -2.17. The van der Waals surface area contributed by atoms with Gasteiger partial charge in [0.2, 0.25) is 0 Å². The van der Waals surface area contributed by atoms with Gasteiger partial charge in [-0.05, 0) is 43.9 Å². The molecule has 0 spiro atoms. The maximum absolute atomic E-state index is 12.7. The summed E-state index contributed by atoms with van der Waals surface area (Å²) < 4.78 is 38.2. The molecule has 2 aromatic rings. The van der Waals surface area contributed by atoms with Crippen LogP contribution in [0.3, 0.4) is 0 Å². The van der Waals surface area contributed by atoms with Crippen molar-refractivity contribution in [2.45, 2.75) is 6.18 Å². The molecule has 4 nitrogen and oxygen atoms in total. The molecule has 0 radical (unpaired) electrons. The molecule has 0 fully saturated rings. The SMILES string of the molecule is CN(C)CCNc1cccc(C(=O)O)c1-c1ccc(C(F)(F)F)cc1. The molecule has 2 aromatic carbocycles. The van der Waals surface area contributed by atoms with Crippen LogP contribution in [0.1, 0.15) is 15.9 Å². The molecule has 0 saturated heterocycles. The van der Waals surface area contributed by atoms with Crippen LogP contribution in [0, 0.1) is 0 Å². The van der Waals surface area contributed by atoms with Crippen LogP contribution in [-0.4, -0.2) is 43.2 Å². The summed E-state index contributed by atoms with van der Waals surface area (Å²) in [6.45, 7) is 1.30. The molecule has 0 aromatic heterocycles. The number of hydrogen-bond acceptors (Lipinski definition) is 3. The van der Waals surface area contributed by atoms with Crippen LogP contribution in [0.15, 0.2) is 42.5 Å². The number of halogens is 3. The van der Waals surface area contributed by atoms with Gasteiger partial charge >= 0.3 is 12.1 Å². The van der Waals surface area contributed by atoms with Gasteiger partial charge in [-0.25, -0.2) is 4.79 Å². The van der Waals surface area contributed by atoms with E-state index in [0.717, 1.165) is 18.7 Å². The van der Waals surface area contributed by atoms with E-state index in [1.165, 1.54) is 18.2 Å². The minimum Gasteiger partial charge on any atom is -0.478 e. The Balaban J connectivity index is 2.44. The van der Waals surface area contributed by atoms with Gasteiger partial charge in [-0.2, -0.15) is 13.2 Å². The molecule has 7 heteroatoms. The molecule has 25 heavy (non-hydrogen) atoms. The van der Waals surface area contributed by atoms with E-state index in [-0.39, 0.29) is 5.56 Å². The lowest BCUT2D eigenvalue weighted by Crippen LogP contribution is -2.21. The number of carboxylic acids is 1. The van der Waals surface area contributed by atoms with Gasteiger partial charge in [0.1, 0.15) is 0 Å². The van der Waals surface area contributed by atoms with E-state index in [1.807, 2.05) is 19.0 Å². The fourth-order valence-corrected chi connectivity index (χ4v) is 2.43. The summed E-state index contributed by atoms with van der Waals surface area (Å²) in [7, 11) is 3.82. The zero-order chi connectivity index (χ0) is 18.6. The molecule has 134 valence electrons. The molecular formula is C18H19F3N2O2. The van der Waals surface area contributed by atoms with Crippen LogP contribution in [-0.2, 0) is 6.18 Å². The lowest BCUT2D eigenvalue weighted by atomic mass is 9.96. The maximum Gasteiger partial charge on any atom is 0.416 e. The third-order valence-corrected chi connectivity index (χ3v) is 3.67. The number of benzene rings is 2. The standard InChI is InChI=1S/C18H19F3N2O2/c1-23(2)11-10-22-15-5-3-4-14(17(24)25)16(15)12-6-8-13(9-7-12)18(19,20)21/h3-9,22H,10-11H2,1-2H3,(H,24,25). The van der Waals surface area contributed by atoms with E-state index in [9.17, 15) is 23.1 Å². The second-order valence-electron chi connectivity index (χ2n) is 5.84. The Labute approximate surface area is 143 Å². The monoisotopic (exact) mass is 352 g/mol. The highest BCUT2D eigenvalue weighted by atomic mass is 19.4. The summed E-state index contributed by atoms with van der Waals surface area (Å²) in [5.74, 6) is -1.13. The minimum atomic E-state index is -4.43. The molecule has 0 unspecified atom stereocenters. The van der Waals surface area contributed by atoms with Gasteiger partial charge in [-0.15, -0.1) is 0 Å². The topological polar surface area (TPSA) is 52.6 Å². The van der Waals surface area contributed by atoms with E-state index in [2.05, 4.69) is 5.32 Å². The van der Waals surface area contributed by atoms with Crippen molar-refractivity contribution in [1.82, 2.24) is 4.90 Å². The first-order valence-electron chi connectivity index (χ1n) is 7.62. The van der Waals surface area contributed by atoms with Crippen LogP contribution in [0.4, 0.5) is 18.9 Å². The predicted molar refractivity (Wildman–Crippen MR) is 90.9 cm³/mol. The summed E-state index contributed by atoms with van der Waals surface area (Å²) >= 11 is 0. The number of hydrogen-bond donors (Lipinski definition) is 2. The van der Waals surface area contributed by atoms with Crippen LogP contribution >= 0.6 is 0 Å². The zero-order valence-corrected chi connectivity index (χ0v) is 13.9. The van der Waals surface area contributed by atoms with Crippen molar-refractivity contribution in [1.29, 1.82) is 0 Å². The highest BCUT2D eigenvalue weighted by Gasteiger charge is 2.30. The first-order chi connectivity index (χ1) is 11.7. The van der Waals surface area contributed by atoms with Crippen molar-refractivity contribution in [3.05, 3.63) is 53.6 Å². The fraction of sp³-hybridized carbons (Fsp3) is 0.278. The van der Waals surface area contributed by atoms with Crippen molar-refractivity contribution in [2.75, 3.05) is 32.5 Å². The Morgan fingerprint density at radius 3 is 2.28 bits per heavy atom. The van der Waals surface area contributed by atoms with E-state index in [1.54, 1.807) is 12.1 Å². The summed E-state index contributed by atoms with van der Waals surface area (Å²) in [6.07, 6.45) is -4.43. The third kappa shape index (κ3) is 4.73. The highest BCUT2D eigenvalue weighted by Crippen LogP contribution is 2.35. The smallest absolute Gasteiger partial charge is 0.416 e. The third-order valence-electron chi connectivity index (χ3n) is 3.67. The van der Waals surface area contributed by atoms with Crippen LogP contribution in [0.5, 0.6) is 0 Å². The second kappa shape index (κ2) is 7.57. The van der Waals surface area contributed by atoms with Crippen LogP contribution in [0.2, 0.25) is 0 Å². The van der Waals surface area contributed by atoms with E-state index in [4.69, 9.17) is 0 Å². The number of nitrogens with one attached hydrogen (secondary N) is 1. The Morgan fingerprint density at radius 2 is 1.76 bits per heavy atom. The van der Waals surface area contributed by atoms with Crippen molar-refractivity contribution in [3.63, 3.8) is 0 Å². The van der Waals surface area contributed by atoms with Crippen LogP contribution < -0.4 is 5.32 Å². The fourth-order valence-electron chi connectivity index (χ4n) is 2.43. The Morgan fingerprint density at radius 1 is 1.12 bits per heavy atom. The van der Waals surface area contributed by atoms with Crippen molar-refractivity contribution >= 4 is 11.7 Å². The quantitative estimate of drug-likeness (QED) is 0.824. The van der Waals surface area contributed by atoms with Gasteiger partial charge in [-0.3, -0.25) is 0 Å². The van der Waals surface area contributed by atoms with Gasteiger partial charge in [0.25, 0.3) is 0 Å². The Bertz CT molecular complexity index is 741. The van der Waals surface area contributed by atoms with E-state index < -0.39 is 17.7 Å². The van der Waals surface area contributed by atoms with Crippen molar-refractivity contribution in [3.8, 4) is 11.1 Å². The summed E-state index contributed by atoms with van der Waals surface area (Å²) in [5.41, 5.74) is 0.628. The van der Waals surface area contributed by atoms with Crippen molar-refractivity contribution in [2.24, 2.45) is 0 Å². The average Bonchev–Trinajstić information content (AvgIpc) is 2.53. The molecule has 0 saturated carbocycles. The number of nitrogens with zero attached hydrogens (tertiary/aromatic N) is 1. The number of carboxylic acid groups (broad SMARTS) is 1. The minimum absolute atomic E-state index is 0.0367. The Hall–Kier alpha value is -2.54. The molecule has 2 rings (SSSR count).